The molecular formula is C14H18N4O. The van der Waals surface area contributed by atoms with E-state index >= 15 is 0 Å². The molecule has 0 saturated carbocycles. The molecule has 0 radical (unpaired) electrons. The van der Waals surface area contributed by atoms with Gasteiger partial charge in [0.15, 0.2) is 0 Å². The molecule has 0 atom stereocenters. The summed E-state index contributed by atoms with van der Waals surface area (Å²) in [5.74, 6) is 0. The van der Waals surface area contributed by atoms with E-state index in [2.05, 4.69) is 5.10 Å². The van der Waals surface area contributed by atoms with Crippen LogP contribution in [0.5, 0.6) is 0 Å². The maximum absolute atomic E-state index is 12.0. The van der Waals surface area contributed by atoms with Crippen molar-refractivity contribution in [2.45, 2.75) is 6.42 Å². The Labute approximate surface area is 112 Å². The van der Waals surface area contributed by atoms with Gasteiger partial charge in [-0.2, -0.15) is 5.10 Å². The Morgan fingerprint density at radius 2 is 1.95 bits per heavy atom. The van der Waals surface area contributed by atoms with E-state index in [1.807, 2.05) is 37.2 Å². The average Bonchev–Trinajstić information content (AvgIpc) is 2.40. The van der Waals surface area contributed by atoms with E-state index in [1.54, 1.807) is 13.1 Å². The quantitative estimate of drug-likeness (QED) is 0.840. The van der Waals surface area contributed by atoms with Gasteiger partial charge in [0.1, 0.15) is 5.69 Å². The summed E-state index contributed by atoms with van der Waals surface area (Å²) in [7, 11) is 5.57. The Morgan fingerprint density at radius 3 is 2.58 bits per heavy atom. The first kappa shape index (κ1) is 13.4. The number of aryl methyl sites for hydroxylation is 1. The third-order valence-corrected chi connectivity index (χ3v) is 3.05. The molecule has 0 aliphatic rings. The molecular weight excluding hydrogens is 240 g/mol. The standard InChI is InChI=1S/C14H18N4O/c1-17(2)9-8-12(15)13-10-6-4-5-7-11(10)14(19)18(3)16-13/h4-7,15H,8-9H2,1-3H3. The number of fused-ring (bicyclic) bond motifs is 1. The van der Waals surface area contributed by atoms with Crippen molar-refractivity contribution >= 4 is 16.5 Å². The van der Waals surface area contributed by atoms with Crippen LogP contribution in [-0.2, 0) is 7.05 Å². The van der Waals surface area contributed by atoms with Crippen LogP contribution in [0.3, 0.4) is 0 Å². The third kappa shape index (κ3) is 2.71. The summed E-state index contributed by atoms with van der Waals surface area (Å²) >= 11 is 0. The molecule has 1 heterocycles. The first-order chi connectivity index (χ1) is 9.00. The highest BCUT2D eigenvalue weighted by Gasteiger charge is 2.12. The van der Waals surface area contributed by atoms with Crippen molar-refractivity contribution in [3.8, 4) is 0 Å². The number of nitrogens with zero attached hydrogens (tertiary/aromatic N) is 3. The van der Waals surface area contributed by atoms with Gasteiger partial charge in [-0.25, -0.2) is 4.68 Å². The van der Waals surface area contributed by atoms with Gasteiger partial charge in [0, 0.05) is 25.4 Å². The summed E-state index contributed by atoms with van der Waals surface area (Å²) in [5, 5.41) is 13.8. The zero-order valence-electron chi connectivity index (χ0n) is 11.5. The van der Waals surface area contributed by atoms with Crippen molar-refractivity contribution in [2.24, 2.45) is 7.05 Å². The zero-order valence-corrected chi connectivity index (χ0v) is 11.5. The Hall–Kier alpha value is -2.01. The third-order valence-electron chi connectivity index (χ3n) is 3.05. The number of nitrogens with one attached hydrogen (secondary N) is 1. The van der Waals surface area contributed by atoms with Gasteiger partial charge in [0.05, 0.1) is 11.1 Å². The van der Waals surface area contributed by atoms with Gasteiger partial charge >= 0.3 is 0 Å². The lowest BCUT2D eigenvalue weighted by molar-refractivity contribution is 0.421. The molecule has 0 bridgehead atoms. The largest absolute Gasteiger partial charge is 0.309 e. The van der Waals surface area contributed by atoms with Gasteiger partial charge in [-0.1, -0.05) is 18.2 Å². The van der Waals surface area contributed by atoms with Gasteiger partial charge in [-0.05, 0) is 20.2 Å². The molecule has 1 aromatic carbocycles. The van der Waals surface area contributed by atoms with Crippen molar-refractivity contribution in [1.29, 1.82) is 5.41 Å². The number of aromatic nitrogens is 2. The highest BCUT2D eigenvalue weighted by molar-refractivity contribution is 6.07. The van der Waals surface area contributed by atoms with E-state index in [0.717, 1.165) is 11.9 Å². The highest BCUT2D eigenvalue weighted by Crippen LogP contribution is 2.14. The van der Waals surface area contributed by atoms with Gasteiger partial charge in [0.2, 0.25) is 0 Å². The second kappa shape index (κ2) is 5.32. The number of hydrogen-bond donors (Lipinski definition) is 1. The van der Waals surface area contributed by atoms with Crippen LogP contribution in [0.2, 0.25) is 0 Å². The maximum atomic E-state index is 12.0. The Morgan fingerprint density at radius 1 is 1.32 bits per heavy atom. The molecule has 1 N–H and O–H groups in total. The van der Waals surface area contributed by atoms with Crippen molar-refractivity contribution in [3.63, 3.8) is 0 Å². The SMILES string of the molecule is CN(C)CCC(=N)c1nn(C)c(=O)c2ccccc12. The first-order valence-electron chi connectivity index (χ1n) is 6.19. The predicted octanol–water partition coefficient (Wildman–Crippen LogP) is 1.25. The lowest BCUT2D eigenvalue weighted by atomic mass is 10.1. The fraction of sp³-hybridized carbons (Fsp3) is 0.357. The van der Waals surface area contributed by atoms with E-state index in [1.165, 1.54) is 4.68 Å². The van der Waals surface area contributed by atoms with Crippen LogP contribution in [0.1, 0.15) is 12.1 Å². The number of rotatable bonds is 4. The molecule has 0 aliphatic heterocycles. The van der Waals surface area contributed by atoms with E-state index in [4.69, 9.17) is 5.41 Å². The molecule has 2 aromatic rings. The van der Waals surface area contributed by atoms with Crippen molar-refractivity contribution < 1.29 is 0 Å². The summed E-state index contributed by atoms with van der Waals surface area (Å²) in [4.78, 5) is 14.0. The Balaban J connectivity index is 2.52. The van der Waals surface area contributed by atoms with Crippen LogP contribution in [0.4, 0.5) is 0 Å². The number of benzene rings is 1. The molecule has 2 rings (SSSR count). The topological polar surface area (TPSA) is 62.0 Å². The van der Waals surface area contributed by atoms with Crippen LogP contribution < -0.4 is 5.56 Å². The van der Waals surface area contributed by atoms with Crippen molar-refractivity contribution in [3.05, 3.63) is 40.3 Å². The maximum Gasteiger partial charge on any atom is 0.274 e. The van der Waals surface area contributed by atoms with Gasteiger partial charge in [0.25, 0.3) is 5.56 Å². The molecule has 5 heteroatoms. The fourth-order valence-corrected chi connectivity index (χ4v) is 1.98. The Bertz CT molecular complexity index is 673. The molecule has 0 unspecified atom stereocenters. The van der Waals surface area contributed by atoms with Crippen LogP contribution in [-0.4, -0.2) is 41.0 Å². The van der Waals surface area contributed by atoms with Crippen LogP contribution in [0, 0.1) is 5.41 Å². The molecule has 100 valence electrons. The minimum atomic E-state index is -0.125. The molecule has 0 fully saturated rings. The van der Waals surface area contributed by atoms with E-state index in [-0.39, 0.29) is 5.56 Å². The molecule has 5 nitrogen and oxygen atoms in total. The summed E-state index contributed by atoms with van der Waals surface area (Å²) in [6.45, 7) is 0.789. The monoisotopic (exact) mass is 258 g/mol. The van der Waals surface area contributed by atoms with Crippen LogP contribution in [0.25, 0.3) is 10.8 Å². The van der Waals surface area contributed by atoms with Gasteiger partial charge < -0.3 is 10.3 Å². The molecule has 0 saturated heterocycles. The van der Waals surface area contributed by atoms with Crippen LogP contribution in [0.15, 0.2) is 29.1 Å². The van der Waals surface area contributed by atoms with Gasteiger partial charge in [-0.3, -0.25) is 4.79 Å². The smallest absolute Gasteiger partial charge is 0.274 e. The second-order valence-corrected chi connectivity index (χ2v) is 4.85. The number of hydrogen-bond acceptors (Lipinski definition) is 4. The Kier molecular flexibility index (Phi) is 3.76. The molecule has 0 spiro atoms. The molecule has 19 heavy (non-hydrogen) atoms. The summed E-state index contributed by atoms with van der Waals surface area (Å²) in [5.41, 5.74) is 0.930. The van der Waals surface area contributed by atoms with E-state index < -0.39 is 0 Å². The normalized spacial score (nSPS) is 11.2. The lowest BCUT2D eigenvalue weighted by Gasteiger charge is -2.12. The average molecular weight is 258 g/mol. The van der Waals surface area contributed by atoms with Gasteiger partial charge in [-0.15, -0.1) is 0 Å². The minimum Gasteiger partial charge on any atom is -0.309 e. The zero-order chi connectivity index (χ0) is 14.0. The summed E-state index contributed by atoms with van der Waals surface area (Å²) in [6, 6.07) is 7.33. The van der Waals surface area contributed by atoms with E-state index in [9.17, 15) is 4.79 Å². The second-order valence-electron chi connectivity index (χ2n) is 4.85. The van der Waals surface area contributed by atoms with E-state index in [0.29, 0.717) is 23.2 Å². The fourth-order valence-electron chi connectivity index (χ4n) is 1.98. The molecule has 0 aliphatic carbocycles. The first-order valence-corrected chi connectivity index (χ1v) is 6.19. The predicted molar refractivity (Wildman–Crippen MR) is 77.0 cm³/mol. The van der Waals surface area contributed by atoms with Crippen molar-refractivity contribution in [2.75, 3.05) is 20.6 Å². The minimum absolute atomic E-state index is 0.125. The molecule has 1 aromatic heterocycles. The summed E-state index contributed by atoms with van der Waals surface area (Å²) < 4.78 is 1.31. The van der Waals surface area contributed by atoms with Crippen LogP contribution >= 0.6 is 0 Å². The lowest BCUT2D eigenvalue weighted by Crippen LogP contribution is -2.24. The summed E-state index contributed by atoms with van der Waals surface area (Å²) in [6.07, 6.45) is 0.613. The highest BCUT2D eigenvalue weighted by atomic mass is 16.1. The van der Waals surface area contributed by atoms with Crippen molar-refractivity contribution in [1.82, 2.24) is 14.7 Å². The molecule has 0 amide bonds.